The van der Waals surface area contributed by atoms with Crippen LogP contribution in [-0.2, 0) is 17.6 Å². The fourth-order valence-corrected chi connectivity index (χ4v) is 6.00. The third-order valence-electron chi connectivity index (χ3n) is 8.09. The van der Waals surface area contributed by atoms with Crippen LogP contribution in [0, 0.1) is 11.3 Å². The number of para-hydroxylation sites is 1. The monoisotopic (exact) mass is 546 g/mol. The largest absolute Gasteiger partial charge is 0.493 e. The van der Waals surface area contributed by atoms with Gasteiger partial charge in [0.05, 0.1) is 36.8 Å². The Morgan fingerprint density at radius 1 is 1.12 bits per heavy atom. The van der Waals surface area contributed by atoms with Gasteiger partial charge >= 0.3 is 0 Å². The van der Waals surface area contributed by atoms with Gasteiger partial charge in [0.25, 0.3) is 0 Å². The third-order valence-corrected chi connectivity index (χ3v) is 8.09. The summed E-state index contributed by atoms with van der Waals surface area (Å²) < 4.78 is 31.5. The lowest BCUT2D eigenvalue weighted by molar-refractivity contribution is 0.0284. The Hall–Kier alpha value is -3.52. The number of ketones is 1. The van der Waals surface area contributed by atoms with Crippen molar-refractivity contribution in [3.05, 3.63) is 47.3 Å². The van der Waals surface area contributed by atoms with Crippen LogP contribution in [0.2, 0.25) is 0 Å². The number of rotatable bonds is 6. The number of Topliss-reactive ketones (excluding diaryl/α,β-unsaturated/α-hetero) is 1. The fraction of sp³-hybridized carbons (Fsp3) is 0.500. The highest BCUT2D eigenvalue weighted by Crippen LogP contribution is 2.45. The molecule has 1 saturated heterocycles. The highest BCUT2D eigenvalue weighted by molar-refractivity contribution is 5.98. The lowest BCUT2D eigenvalue weighted by atomic mass is 9.81. The fourth-order valence-electron chi connectivity index (χ4n) is 6.00. The molecule has 0 radical (unpaired) electrons. The number of benzene rings is 2. The Bertz CT molecular complexity index is 1440. The maximum absolute atomic E-state index is 14.2. The summed E-state index contributed by atoms with van der Waals surface area (Å²) in [4.78, 5) is 19.3. The molecule has 212 valence electrons. The first kappa shape index (κ1) is 26.7. The van der Waals surface area contributed by atoms with Crippen molar-refractivity contribution in [2.45, 2.75) is 65.9 Å². The Morgan fingerprint density at radius 2 is 1.98 bits per heavy atom. The summed E-state index contributed by atoms with van der Waals surface area (Å²) in [5, 5.41) is 0. The molecular weight excluding hydrogens is 508 g/mol. The number of aryl methyl sites for hydroxylation is 1. The smallest absolute Gasteiger partial charge is 0.231 e. The first-order chi connectivity index (χ1) is 19.3. The molecule has 8 heteroatoms. The molecule has 1 fully saturated rings. The zero-order chi connectivity index (χ0) is 28.0. The van der Waals surface area contributed by atoms with Gasteiger partial charge in [0.2, 0.25) is 6.79 Å². The van der Waals surface area contributed by atoms with Crippen molar-refractivity contribution in [3.63, 3.8) is 0 Å². The van der Waals surface area contributed by atoms with Crippen LogP contribution in [-0.4, -0.2) is 48.6 Å². The van der Waals surface area contributed by atoms with Crippen LogP contribution in [0.15, 0.2) is 30.3 Å². The van der Waals surface area contributed by atoms with Gasteiger partial charge in [0.15, 0.2) is 28.8 Å². The van der Waals surface area contributed by atoms with E-state index in [-0.39, 0.29) is 30.0 Å². The van der Waals surface area contributed by atoms with Gasteiger partial charge in [-0.1, -0.05) is 19.9 Å². The molecule has 2 aromatic carbocycles. The zero-order valence-electron chi connectivity index (χ0n) is 24.0. The number of carbonyl (C=O) groups excluding carboxylic acids is 1. The second kappa shape index (κ2) is 10.5. The van der Waals surface area contributed by atoms with Gasteiger partial charge in [0, 0.05) is 18.6 Å². The average Bonchev–Trinajstić information content (AvgIpc) is 3.55. The minimum absolute atomic E-state index is 0.0249. The standard InChI is InChI=1S/C32H38N2O6/c1-19(2)40-27-16-24-21(15-26(27)36-5)9-10-23-28(29(35)20-11-13-32(3,4)17-37-14-12-20)33-31(34(23)24)22-7-6-8-25-30(22)39-18-38-25/h6-8,15-16,19-20H,9-14,17-18H2,1-5H3. The molecule has 0 aliphatic carbocycles. The SMILES string of the molecule is COc1cc2c(cc1OC(C)C)-n1c(-c3cccc4c3OCO4)nc(C(=O)C3CCOCC(C)(C)CC3)c1CC2. The van der Waals surface area contributed by atoms with E-state index in [4.69, 9.17) is 28.7 Å². The number of ether oxygens (including phenoxy) is 5. The molecule has 0 saturated carbocycles. The van der Waals surface area contributed by atoms with E-state index in [9.17, 15) is 4.79 Å². The lowest BCUT2D eigenvalue weighted by Crippen LogP contribution is -2.28. The summed E-state index contributed by atoms with van der Waals surface area (Å²) >= 11 is 0. The molecule has 4 heterocycles. The van der Waals surface area contributed by atoms with Gasteiger partial charge in [-0.25, -0.2) is 4.98 Å². The first-order valence-corrected chi connectivity index (χ1v) is 14.3. The quantitative estimate of drug-likeness (QED) is 0.341. The normalized spacial score (nSPS) is 19.4. The predicted molar refractivity (Wildman–Crippen MR) is 151 cm³/mol. The van der Waals surface area contributed by atoms with Gasteiger partial charge in [-0.2, -0.15) is 0 Å². The summed E-state index contributed by atoms with van der Waals surface area (Å²) in [6.07, 6.45) is 3.90. The van der Waals surface area contributed by atoms with E-state index in [2.05, 4.69) is 18.4 Å². The maximum atomic E-state index is 14.2. The molecule has 1 atom stereocenters. The molecule has 1 aromatic heterocycles. The van der Waals surface area contributed by atoms with Crippen molar-refractivity contribution >= 4 is 5.78 Å². The van der Waals surface area contributed by atoms with E-state index >= 15 is 0 Å². The molecule has 3 aliphatic rings. The topological polar surface area (TPSA) is 81.0 Å². The Morgan fingerprint density at radius 3 is 2.77 bits per heavy atom. The Kier molecular flexibility index (Phi) is 6.98. The van der Waals surface area contributed by atoms with Crippen molar-refractivity contribution in [1.82, 2.24) is 9.55 Å². The van der Waals surface area contributed by atoms with Crippen molar-refractivity contribution in [2.75, 3.05) is 27.1 Å². The van der Waals surface area contributed by atoms with Crippen LogP contribution in [0.5, 0.6) is 23.0 Å². The van der Waals surface area contributed by atoms with E-state index in [0.717, 1.165) is 48.4 Å². The predicted octanol–water partition coefficient (Wildman–Crippen LogP) is 6.19. The Balaban J connectivity index is 1.51. The molecule has 40 heavy (non-hydrogen) atoms. The van der Waals surface area contributed by atoms with Gasteiger partial charge in [0.1, 0.15) is 11.5 Å². The first-order valence-electron chi connectivity index (χ1n) is 14.3. The molecule has 0 N–H and O–H groups in total. The lowest BCUT2D eigenvalue weighted by Gasteiger charge is -2.30. The molecule has 8 nitrogen and oxygen atoms in total. The minimum atomic E-state index is -0.134. The molecule has 1 unspecified atom stereocenters. The summed E-state index contributed by atoms with van der Waals surface area (Å²) in [6, 6.07) is 9.87. The number of fused-ring (bicyclic) bond motifs is 4. The highest BCUT2D eigenvalue weighted by Gasteiger charge is 2.35. The summed E-state index contributed by atoms with van der Waals surface area (Å²) in [6.45, 7) is 9.86. The number of methoxy groups -OCH3 is 1. The third kappa shape index (κ3) is 4.83. The molecule has 0 amide bonds. The molecule has 0 spiro atoms. The van der Waals surface area contributed by atoms with Crippen molar-refractivity contribution in [2.24, 2.45) is 11.3 Å². The van der Waals surface area contributed by atoms with E-state index in [1.165, 1.54) is 0 Å². The number of hydrogen-bond donors (Lipinski definition) is 0. The second-order valence-corrected chi connectivity index (χ2v) is 12.0. The minimum Gasteiger partial charge on any atom is -0.493 e. The van der Waals surface area contributed by atoms with E-state index in [1.54, 1.807) is 7.11 Å². The van der Waals surface area contributed by atoms with Crippen LogP contribution in [0.25, 0.3) is 17.1 Å². The molecule has 0 bridgehead atoms. The van der Waals surface area contributed by atoms with Gasteiger partial charge < -0.3 is 23.7 Å². The molecular formula is C32H38N2O6. The maximum Gasteiger partial charge on any atom is 0.231 e. The summed E-state index contributed by atoms with van der Waals surface area (Å²) in [5.41, 5.74) is 4.37. The van der Waals surface area contributed by atoms with Crippen molar-refractivity contribution in [3.8, 4) is 40.1 Å². The van der Waals surface area contributed by atoms with Gasteiger partial charge in [-0.3, -0.25) is 9.36 Å². The average molecular weight is 547 g/mol. The van der Waals surface area contributed by atoms with Gasteiger partial charge in [-0.15, -0.1) is 0 Å². The number of nitrogens with zero attached hydrogens (tertiary/aromatic N) is 2. The van der Waals surface area contributed by atoms with Crippen LogP contribution in [0.3, 0.4) is 0 Å². The van der Waals surface area contributed by atoms with Crippen molar-refractivity contribution < 1.29 is 28.5 Å². The van der Waals surface area contributed by atoms with Crippen LogP contribution in [0.4, 0.5) is 0 Å². The van der Waals surface area contributed by atoms with E-state index in [0.29, 0.717) is 54.0 Å². The zero-order valence-corrected chi connectivity index (χ0v) is 24.0. The molecule has 3 aromatic rings. The van der Waals surface area contributed by atoms with E-state index < -0.39 is 0 Å². The van der Waals surface area contributed by atoms with Crippen LogP contribution >= 0.6 is 0 Å². The summed E-state index contributed by atoms with van der Waals surface area (Å²) in [5.74, 6) is 3.32. The number of carbonyl (C=O) groups is 1. The second-order valence-electron chi connectivity index (χ2n) is 12.0. The van der Waals surface area contributed by atoms with Crippen LogP contribution in [0.1, 0.15) is 68.7 Å². The number of imidazole rings is 1. The number of hydrogen-bond acceptors (Lipinski definition) is 7. The van der Waals surface area contributed by atoms with Crippen molar-refractivity contribution in [1.29, 1.82) is 0 Å². The van der Waals surface area contributed by atoms with E-state index in [1.807, 2.05) is 44.2 Å². The number of aromatic nitrogens is 2. The van der Waals surface area contributed by atoms with Gasteiger partial charge in [-0.05, 0) is 75.1 Å². The Labute approximate surface area is 235 Å². The molecule has 6 rings (SSSR count). The highest BCUT2D eigenvalue weighted by atomic mass is 16.7. The summed E-state index contributed by atoms with van der Waals surface area (Å²) in [7, 11) is 1.66. The van der Waals surface area contributed by atoms with Crippen LogP contribution < -0.4 is 18.9 Å². The molecule has 3 aliphatic heterocycles.